The maximum atomic E-state index is 13.5. The third-order valence-corrected chi connectivity index (χ3v) is 6.71. The van der Waals surface area contributed by atoms with E-state index in [2.05, 4.69) is 21.2 Å². The predicted molar refractivity (Wildman–Crippen MR) is 141 cm³/mol. The number of Topliss-reactive ketones (excluding diaryl/α,β-unsaturated/α-hetero) is 1. The molecule has 1 amide bonds. The van der Waals surface area contributed by atoms with Gasteiger partial charge >= 0.3 is 5.97 Å². The first kappa shape index (κ1) is 27.4. The highest BCUT2D eigenvalue weighted by Crippen LogP contribution is 2.50. The fourth-order valence-electron chi connectivity index (χ4n) is 4.65. The second kappa shape index (κ2) is 11.0. The molecule has 2 aliphatic rings. The fourth-order valence-corrected chi connectivity index (χ4v) is 5.03. The topological polar surface area (TPSA) is 117 Å². The zero-order valence-electron chi connectivity index (χ0n) is 21.2. The summed E-state index contributed by atoms with van der Waals surface area (Å²) in [6.45, 7) is 5.30. The number of amides is 1. The van der Waals surface area contributed by atoms with Crippen LogP contribution < -0.4 is 15.8 Å². The van der Waals surface area contributed by atoms with Gasteiger partial charge in [-0.2, -0.15) is 0 Å². The number of hydrogen-bond donors (Lipinski definition) is 2. The van der Waals surface area contributed by atoms with Gasteiger partial charge in [-0.3, -0.25) is 9.59 Å². The summed E-state index contributed by atoms with van der Waals surface area (Å²) in [4.78, 5) is 39.1. The first-order chi connectivity index (χ1) is 18.0. The van der Waals surface area contributed by atoms with Crippen LogP contribution in [0.2, 0.25) is 0 Å². The minimum Gasteiger partial charge on any atom is -0.483 e. The highest BCUT2D eigenvalue weighted by atomic mass is 79.9. The molecule has 2 aromatic carbocycles. The van der Waals surface area contributed by atoms with Crippen molar-refractivity contribution in [3.63, 3.8) is 0 Å². The molecule has 1 aliphatic heterocycles. The number of ketones is 1. The Kier molecular flexibility index (Phi) is 7.91. The molecule has 2 aromatic rings. The van der Waals surface area contributed by atoms with Crippen LogP contribution in [-0.2, 0) is 23.9 Å². The first-order valence-electron chi connectivity index (χ1n) is 12.1. The third kappa shape index (κ3) is 5.91. The Morgan fingerprint density at radius 2 is 1.89 bits per heavy atom. The molecule has 0 saturated carbocycles. The molecule has 0 spiro atoms. The van der Waals surface area contributed by atoms with Crippen molar-refractivity contribution in [2.24, 2.45) is 11.1 Å². The normalized spacial score (nSPS) is 18.4. The maximum absolute atomic E-state index is 13.5. The van der Waals surface area contributed by atoms with Crippen molar-refractivity contribution in [2.45, 2.75) is 39.5 Å². The first-order valence-corrected chi connectivity index (χ1v) is 12.9. The van der Waals surface area contributed by atoms with E-state index < -0.39 is 23.6 Å². The quantitative estimate of drug-likeness (QED) is 0.433. The van der Waals surface area contributed by atoms with Gasteiger partial charge in [0.05, 0.1) is 12.5 Å². The number of carbonyl (C=O) groups is 3. The van der Waals surface area contributed by atoms with E-state index in [0.29, 0.717) is 33.5 Å². The lowest BCUT2D eigenvalue weighted by atomic mass is 9.70. The number of nitrogens with two attached hydrogens (primary N) is 1. The number of rotatable bonds is 7. The minimum atomic E-state index is -0.922. The summed E-state index contributed by atoms with van der Waals surface area (Å²) in [5, 5.41) is 2.64. The van der Waals surface area contributed by atoms with Crippen molar-refractivity contribution in [1.29, 1.82) is 0 Å². The molecule has 200 valence electrons. The zero-order chi connectivity index (χ0) is 27.6. The number of halogens is 2. The summed E-state index contributed by atoms with van der Waals surface area (Å²) in [6.07, 6.45) is 0.706. The highest BCUT2D eigenvalue weighted by molar-refractivity contribution is 9.10. The molecule has 1 atom stereocenters. The summed E-state index contributed by atoms with van der Waals surface area (Å²) in [5.41, 5.74) is 7.08. The number of benzene rings is 2. The Bertz CT molecular complexity index is 1350. The van der Waals surface area contributed by atoms with Crippen LogP contribution in [0.25, 0.3) is 0 Å². The number of carbonyl (C=O) groups excluding carboxylic acids is 3. The Hall–Kier alpha value is -3.66. The molecule has 4 rings (SSSR count). The van der Waals surface area contributed by atoms with E-state index in [1.54, 1.807) is 25.1 Å². The minimum absolute atomic E-state index is 0.00244. The monoisotopic (exact) mass is 586 g/mol. The molecule has 8 nitrogen and oxygen atoms in total. The summed E-state index contributed by atoms with van der Waals surface area (Å²) in [6, 6.07) is 10.4. The molecule has 38 heavy (non-hydrogen) atoms. The van der Waals surface area contributed by atoms with Crippen molar-refractivity contribution < 1.29 is 33.0 Å². The molecule has 0 saturated heterocycles. The molecule has 1 heterocycles. The van der Waals surface area contributed by atoms with Crippen molar-refractivity contribution >= 4 is 39.3 Å². The van der Waals surface area contributed by atoms with Crippen LogP contribution in [-0.4, -0.2) is 30.9 Å². The maximum Gasteiger partial charge on any atom is 0.340 e. The molecule has 3 N–H and O–H groups in total. The molecular formula is C28H28BrFN2O6. The van der Waals surface area contributed by atoms with Crippen LogP contribution in [0, 0.1) is 11.2 Å². The number of nitrogens with one attached hydrogen (secondary N) is 1. The van der Waals surface area contributed by atoms with Crippen LogP contribution in [0.4, 0.5) is 10.1 Å². The van der Waals surface area contributed by atoms with E-state index in [9.17, 15) is 18.8 Å². The number of esters is 1. The number of hydrogen-bond acceptors (Lipinski definition) is 7. The zero-order valence-corrected chi connectivity index (χ0v) is 22.8. The fraction of sp³-hybridized carbons (Fsp3) is 0.321. The SMILES string of the molecule is CCOC(=O)C1=C(N)OC2=C(C(=O)CC(C)(C)C2)C1c1cc(Br)ccc1OCC(=O)Nc1ccc(F)cc1. The Morgan fingerprint density at radius 3 is 2.58 bits per heavy atom. The van der Waals surface area contributed by atoms with E-state index >= 15 is 0 Å². The van der Waals surface area contributed by atoms with Crippen molar-refractivity contribution in [1.82, 2.24) is 0 Å². The largest absolute Gasteiger partial charge is 0.483 e. The number of allylic oxidation sites excluding steroid dienone is 2. The lowest BCUT2D eigenvalue weighted by Gasteiger charge is -2.38. The molecular weight excluding hydrogens is 559 g/mol. The molecule has 0 bridgehead atoms. The van der Waals surface area contributed by atoms with E-state index in [1.165, 1.54) is 24.3 Å². The van der Waals surface area contributed by atoms with Crippen LogP contribution in [0.15, 0.2) is 69.7 Å². The second-order valence-corrected chi connectivity index (χ2v) is 10.8. The van der Waals surface area contributed by atoms with Crippen LogP contribution in [0.5, 0.6) is 5.75 Å². The summed E-state index contributed by atoms with van der Waals surface area (Å²) >= 11 is 3.46. The van der Waals surface area contributed by atoms with E-state index in [-0.39, 0.29) is 48.0 Å². The average molecular weight is 587 g/mol. The van der Waals surface area contributed by atoms with Crippen LogP contribution in [0.3, 0.4) is 0 Å². The van der Waals surface area contributed by atoms with E-state index in [1.807, 2.05) is 13.8 Å². The lowest BCUT2D eigenvalue weighted by Crippen LogP contribution is -2.36. The molecule has 0 fully saturated rings. The number of anilines is 1. The smallest absolute Gasteiger partial charge is 0.340 e. The average Bonchev–Trinajstić information content (AvgIpc) is 2.83. The van der Waals surface area contributed by atoms with Gasteiger partial charge in [0.1, 0.15) is 22.9 Å². The Labute approximate surface area is 228 Å². The highest BCUT2D eigenvalue weighted by Gasteiger charge is 2.46. The van der Waals surface area contributed by atoms with Gasteiger partial charge in [-0.1, -0.05) is 29.8 Å². The van der Waals surface area contributed by atoms with Crippen LogP contribution >= 0.6 is 15.9 Å². The van der Waals surface area contributed by atoms with Gasteiger partial charge in [0.25, 0.3) is 5.91 Å². The number of ether oxygens (including phenoxy) is 3. The standard InChI is InChI=1S/C28H28BrFN2O6/c1-4-36-27(35)25-23(24-19(33)12-28(2,3)13-21(24)38-26(25)31)18-11-15(29)5-10-20(18)37-14-22(34)32-17-8-6-16(30)7-9-17/h5-11,23H,4,12-14,31H2,1-3H3,(H,32,34). The van der Waals surface area contributed by atoms with Gasteiger partial charge < -0.3 is 25.3 Å². The van der Waals surface area contributed by atoms with Crippen LogP contribution in [0.1, 0.15) is 45.1 Å². The summed E-state index contributed by atoms with van der Waals surface area (Å²) in [7, 11) is 0. The molecule has 0 radical (unpaired) electrons. The van der Waals surface area contributed by atoms with Crippen molar-refractivity contribution in [3.05, 3.63) is 81.1 Å². The predicted octanol–water partition coefficient (Wildman–Crippen LogP) is 5.10. The molecule has 10 heteroatoms. The van der Waals surface area contributed by atoms with Crippen molar-refractivity contribution in [3.8, 4) is 5.75 Å². The van der Waals surface area contributed by atoms with Gasteiger partial charge in [-0.15, -0.1) is 0 Å². The third-order valence-electron chi connectivity index (χ3n) is 6.22. The Morgan fingerprint density at radius 1 is 1.18 bits per heavy atom. The van der Waals surface area contributed by atoms with Gasteiger partial charge in [-0.25, -0.2) is 9.18 Å². The van der Waals surface area contributed by atoms with Gasteiger partial charge in [-0.05, 0) is 54.8 Å². The van der Waals surface area contributed by atoms with Crippen molar-refractivity contribution in [2.75, 3.05) is 18.5 Å². The molecule has 1 unspecified atom stereocenters. The molecule has 0 aromatic heterocycles. The van der Waals surface area contributed by atoms with Gasteiger partial charge in [0, 0.05) is 34.1 Å². The van der Waals surface area contributed by atoms with E-state index in [4.69, 9.17) is 19.9 Å². The van der Waals surface area contributed by atoms with Gasteiger partial charge in [0.2, 0.25) is 5.88 Å². The summed E-state index contributed by atoms with van der Waals surface area (Å²) in [5.74, 6) is -2.17. The second-order valence-electron chi connectivity index (χ2n) is 9.84. The molecule has 1 aliphatic carbocycles. The van der Waals surface area contributed by atoms with Gasteiger partial charge in [0.15, 0.2) is 12.4 Å². The Balaban J connectivity index is 1.72. The lowest BCUT2D eigenvalue weighted by molar-refractivity contribution is -0.139. The summed E-state index contributed by atoms with van der Waals surface area (Å²) < 4.78 is 30.8. The van der Waals surface area contributed by atoms with E-state index in [0.717, 1.165) is 0 Å².